The van der Waals surface area contributed by atoms with Crippen LogP contribution in [0.3, 0.4) is 0 Å². The first-order valence-electron chi connectivity index (χ1n) is 6.60. The van der Waals surface area contributed by atoms with E-state index in [9.17, 15) is 4.79 Å². The number of carbonyl (C=O) groups is 1. The Kier molecular flexibility index (Phi) is 3.27. The fourth-order valence-corrected chi connectivity index (χ4v) is 2.22. The molecular formula is C15H15N5O. The van der Waals surface area contributed by atoms with E-state index in [1.54, 1.807) is 6.07 Å². The third-order valence-electron chi connectivity index (χ3n) is 3.34. The van der Waals surface area contributed by atoms with Crippen LogP contribution in [0.15, 0.2) is 42.7 Å². The number of nitrogens with two attached hydrogens (primary N) is 1. The smallest absolute Gasteiger partial charge is 0.265 e. The zero-order valence-electron chi connectivity index (χ0n) is 11.5. The Labute approximate surface area is 121 Å². The molecule has 6 heteroatoms. The molecule has 21 heavy (non-hydrogen) atoms. The van der Waals surface area contributed by atoms with Gasteiger partial charge in [-0.15, -0.1) is 0 Å². The van der Waals surface area contributed by atoms with Gasteiger partial charge in [0.2, 0.25) is 0 Å². The maximum atomic E-state index is 11.2. The average Bonchev–Trinajstić information content (AvgIpc) is 2.93. The Balaban J connectivity index is 1.95. The first-order chi connectivity index (χ1) is 10.1. The van der Waals surface area contributed by atoms with Gasteiger partial charge < -0.3 is 16.0 Å². The maximum absolute atomic E-state index is 11.2. The monoisotopic (exact) mass is 281 g/mol. The number of amides is 1. The minimum absolute atomic E-state index is 0.0798. The Bertz CT molecular complexity index is 781. The SMILES string of the molecule is CC(Nc1ncnc2[nH]c(C(N)=O)cc12)c1ccccc1. The molecule has 1 atom stereocenters. The number of aromatic nitrogens is 3. The fraction of sp³-hybridized carbons (Fsp3) is 0.133. The molecule has 106 valence electrons. The predicted molar refractivity (Wildman–Crippen MR) is 80.9 cm³/mol. The van der Waals surface area contributed by atoms with E-state index in [0.29, 0.717) is 17.2 Å². The van der Waals surface area contributed by atoms with E-state index in [1.165, 1.54) is 6.33 Å². The number of benzene rings is 1. The summed E-state index contributed by atoms with van der Waals surface area (Å²) in [6.45, 7) is 2.05. The van der Waals surface area contributed by atoms with E-state index < -0.39 is 5.91 Å². The molecule has 1 amide bonds. The molecule has 0 aliphatic rings. The van der Waals surface area contributed by atoms with Gasteiger partial charge in [-0.1, -0.05) is 30.3 Å². The first-order valence-corrected chi connectivity index (χ1v) is 6.60. The molecule has 0 fully saturated rings. The van der Waals surface area contributed by atoms with Crippen molar-refractivity contribution >= 4 is 22.8 Å². The molecule has 0 aliphatic carbocycles. The third kappa shape index (κ3) is 2.55. The molecule has 0 saturated carbocycles. The van der Waals surface area contributed by atoms with Crippen molar-refractivity contribution in [1.29, 1.82) is 0 Å². The lowest BCUT2D eigenvalue weighted by Gasteiger charge is -2.15. The van der Waals surface area contributed by atoms with Gasteiger partial charge in [-0.3, -0.25) is 4.79 Å². The molecule has 0 radical (unpaired) electrons. The molecule has 1 unspecified atom stereocenters. The highest BCUT2D eigenvalue weighted by Gasteiger charge is 2.13. The van der Waals surface area contributed by atoms with Crippen molar-refractivity contribution in [3.8, 4) is 0 Å². The third-order valence-corrected chi connectivity index (χ3v) is 3.34. The highest BCUT2D eigenvalue weighted by molar-refractivity contribution is 5.99. The summed E-state index contributed by atoms with van der Waals surface area (Å²) in [7, 11) is 0. The minimum Gasteiger partial charge on any atom is -0.364 e. The van der Waals surface area contributed by atoms with Crippen LogP contribution in [0.2, 0.25) is 0 Å². The van der Waals surface area contributed by atoms with Gasteiger partial charge in [0.1, 0.15) is 23.5 Å². The largest absolute Gasteiger partial charge is 0.364 e. The second-order valence-electron chi connectivity index (χ2n) is 4.81. The second-order valence-corrected chi connectivity index (χ2v) is 4.81. The van der Waals surface area contributed by atoms with Crippen molar-refractivity contribution in [2.75, 3.05) is 5.32 Å². The van der Waals surface area contributed by atoms with Crippen molar-refractivity contribution in [3.05, 3.63) is 54.0 Å². The van der Waals surface area contributed by atoms with Crippen LogP contribution in [-0.4, -0.2) is 20.9 Å². The molecule has 4 N–H and O–H groups in total. The molecule has 3 aromatic rings. The topological polar surface area (TPSA) is 96.7 Å². The number of hydrogen-bond donors (Lipinski definition) is 3. The van der Waals surface area contributed by atoms with Crippen LogP contribution in [0.4, 0.5) is 5.82 Å². The van der Waals surface area contributed by atoms with Gasteiger partial charge in [0.15, 0.2) is 0 Å². The van der Waals surface area contributed by atoms with E-state index in [1.807, 2.05) is 37.3 Å². The summed E-state index contributed by atoms with van der Waals surface area (Å²) in [4.78, 5) is 22.5. The summed E-state index contributed by atoms with van der Waals surface area (Å²) >= 11 is 0. The lowest BCUT2D eigenvalue weighted by Crippen LogP contribution is -2.10. The van der Waals surface area contributed by atoms with Gasteiger partial charge in [-0.25, -0.2) is 9.97 Å². The Morgan fingerprint density at radius 1 is 1.29 bits per heavy atom. The summed E-state index contributed by atoms with van der Waals surface area (Å²) in [6.07, 6.45) is 1.45. The molecule has 0 aliphatic heterocycles. The highest BCUT2D eigenvalue weighted by Crippen LogP contribution is 2.24. The quantitative estimate of drug-likeness (QED) is 0.683. The van der Waals surface area contributed by atoms with Crippen molar-refractivity contribution in [3.63, 3.8) is 0 Å². The molecule has 2 aromatic heterocycles. The lowest BCUT2D eigenvalue weighted by atomic mass is 10.1. The Morgan fingerprint density at radius 3 is 2.76 bits per heavy atom. The zero-order valence-corrected chi connectivity index (χ0v) is 11.5. The van der Waals surface area contributed by atoms with Crippen LogP contribution in [-0.2, 0) is 0 Å². The first kappa shape index (κ1) is 13.1. The van der Waals surface area contributed by atoms with E-state index >= 15 is 0 Å². The molecule has 1 aromatic carbocycles. The standard InChI is InChI=1S/C15H15N5O/c1-9(10-5-3-2-4-6-10)19-14-11-7-12(13(16)21)20-15(11)18-8-17-14/h2-9H,1H3,(H2,16,21)(H2,17,18,19,20). The van der Waals surface area contributed by atoms with Crippen LogP contribution in [0.25, 0.3) is 11.0 Å². The molecular weight excluding hydrogens is 266 g/mol. The van der Waals surface area contributed by atoms with Gasteiger partial charge in [0.05, 0.1) is 5.39 Å². The number of nitrogens with zero attached hydrogens (tertiary/aromatic N) is 2. The number of rotatable bonds is 4. The average molecular weight is 281 g/mol. The zero-order chi connectivity index (χ0) is 14.8. The number of hydrogen-bond acceptors (Lipinski definition) is 4. The normalized spacial score (nSPS) is 12.2. The molecule has 6 nitrogen and oxygen atoms in total. The Morgan fingerprint density at radius 2 is 2.05 bits per heavy atom. The Hall–Kier alpha value is -2.89. The molecule has 2 heterocycles. The number of nitrogens with one attached hydrogen (secondary N) is 2. The van der Waals surface area contributed by atoms with Crippen molar-refractivity contribution in [1.82, 2.24) is 15.0 Å². The number of anilines is 1. The van der Waals surface area contributed by atoms with Crippen LogP contribution >= 0.6 is 0 Å². The maximum Gasteiger partial charge on any atom is 0.265 e. The second kappa shape index (κ2) is 5.24. The van der Waals surface area contributed by atoms with E-state index in [2.05, 4.69) is 20.3 Å². The van der Waals surface area contributed by atoms with Gasteiger partial charge in [-0.2, -0.15) is 0 Å². The number of H-pyrrole nitrogens is 1. The van der Waals surface area contributed by atoms with Crippen molar-refractivity contribution in [2.45, 2.75) is 13.0 Å². The van der Waals surface area contributed by atoms with E-state index in [4.69, 9.17) is 5.73 Å². The number of primary amides is 1. The summed E-state index contributed by atoms with van der Waals surface area (Å²) in [6, 6.07) is 11.8. The van der Waals surface area contributed by atoms with Crippen LogP contribution in [0, 0.1) is 0 Å². The van der Waals surface area contributed by atoms with Gasteiger partial charge >= 0.3 is 0 Å². The number of fused-ring (bicyclic) bond motifs is 1. The predicted octanol–water partition coefficient (Wildman–Crippen LogP) is 2.23. The summed E-state index contributed by atoms with van der Waals surface area (Å²) in [5, 5.41) is 4.07. The summed E-state index contributed by atoms with van der Waals surface area (Å²) < 4.78 is 0. The minimum atomic E-state index is -0.518. The van der Waals surface area contributed by atoms with E-state index in [-0.39, 0.29) is 6.04 Å². The molecule has 0 spiro atoms. The lowest BCUT2D eigenvalue weighted by molar-refractivity contribution is 0.0996. The molecule has 0 bridgehead atoms. The molecule has 3 rings (SSSR count). The van der Waals surface area contributed by atoms with E-state index in [0.717, 1.165) is 10.9 Å². The summed E-state index contributed by atoms with van der Waals surface area (Å²) in [5.74, 6) is 0.148. The van der Waals surface area contributed by atoms with Gasteiger partial charge in [-0.05, 0) is 18.6 Å². The van der Waals surface area contributed by atoms with Crippen LogP contribution in [0.5, 0.6) is 0 Å². The van der Waals surface area contributed by atoms with Crippen molar-refractivity contribution in [2.24, 2.45) is 5.73 Å². The van der Waals surface area contributed by atoms with Gasteiger partial charge in [0.25, 0.3) is 5.91 Å². The molecule has 0 saturated heterocycles. The van der Waals surface area contributed by atoms with Crippen LogP contribution < -0.4 is 11.1 Å². The number of carbonyl (C=O) groups excluding carboxylic acids is 1. The van der Waals surface area contributed by atoms with Gasteiger partial charge in [0, 0.05) is 6.04 Å². The number of aromatic amines is 1. The summed E-state index contributed by atoms with van der Waals surface area (Å²) in [5.41, 5.74) is 7.33. The van der Waals surface area contributed by atoms with Crippen molar-refractivity contribution < 1.29 is 4.79 Å². The van der Waals surface area contributed by atoms with Crippen LogP contribution in [0.1, 0.15) is 29.0 Å². The highest BCUT2D eigenvalue weighted by atomic mass is 16.1. The fourth-order valence-electron chi connectivity index (χ4n) is 2.22.